The minimum atomic E-state index is -0.959. The minimum absolute atomic E-state index is 0.0728. The Hall–Kier alpha value is -2.50. The van der Waals surface area contributed by atoms with Crippen LogP contribution in [0.5, 0.6) is 0 Å². The molecular weight excluding hydrogens is 375 g/mol. The van der Waals surface area contributed by atoms with Crippen LogP contribution in [0.4, 0.5) is 5.69 Å². The fraction of sp³-hybridized carbons (Fsp3) is 0.158. The Morgan fingerprint density at radius 3 is 2.73 bits per heavy atom. The third-order valence-corrected chi connectivity index (χ3v) is 4.42. The maximum atomic E-state index is 12.2. The van der Waals surface area contributed by atoms with Gasteiger partial charge >= 0.3 is 5.97 Å². The van der Waals surface area contributed by atoms with Gasteiger partial charge in [0.25, 0.3) is 5.91 Å². The molecule has 0 aliphatic carbocycles. The molecule has 0 fully saturated rings. The zero-order valence-electron chi connectivity index (χ0n) is 13.9. The van der Waals surface area contributed by atoms with Gasteiger partial charge in [0.2, 0.25) is 0 Å². The lowest BCUT2D eigenvalue weighted by Crippen LogP contribution is -2.30. The molecule has 134 valence electrons. The Labute approximate surface area is 160 Å². The molecule has 5 nitrogen and oxygen atoms in total. The van der Waals surface area contributed by atoms with E-state index in [1.165, 1.54) is 13.0 Å². The molecule has 0 aliphatic rings. The number of amides is 1. The van der Waals surface area contributed by atoms with Crippen LogP contribution in [0, 0.1) is 0 Å². The molecule has 2 N–H and O–H groups in total. The smallest absolute Gasteiger partial charge is 0.311 e. The number of aromatic amines is 1. The SMILES string of the molecule is C[C@@H](OC(=O)Cc1c[nH]c2ccccc12)C(=O)Nc1ccc(Cl)cc1Cl. The average Bonchev–Trinajstić information content (AvgIpc) is 3.00. The molecule has 0 radical (unpaired) electrons. The third-order valence-electron chi connectivity index (χ3n) is 3.88. The number of hydrogen-bond donors (Lipinski definition) is 2. The monoisotopic (exact) mass is 390 g/mol. The molecule has 1 atom stereocenters. The van der Waals surface area contributed by atoms with E-state index in [4.69, 9.17) is 27.9 Å². The second-order valence-electron chi connectivity index (χ2n) is 5.78. The predicted molar refractivity (Wildman–Crippen MR) is 103 cm³/mol. The van der Waals surface area contributed by atoms with Gasteiger partial charge in [0.1, 0.15) is 0 Å². The van der Waals surface area contributed by atoms with Crippen molar-refractivity contribution < 1.29 is 14.3 Å². The molecule has 2 aromatic carbocycles. The Kier molecular flexibility index (Phi) is 5.49. The lowest BCUT2D eigenvalue weighted by Gasteiger charge is -2.14. The molecule has 1 amide bonds. The van der Waals surface area contributed by atoms with E-state index in [0.717, 1.165) is 16.5 Å². The average molecular weight is 391 g/mol. The fourth-order valence-corrected chi connectivity index (χ4v) is 3.01. The van der Waals surface area contributed by atoms with Crippen molar-refractivity contribution in [2.75, 3.05) is 5.32 Å². The van der Waals surface area contributed by atoms with Gasteiger partial charge in [-0.15, -0.1) is 0 Å². The Morgan fingerprint density at radius 1 is 1.19 bits per heavy atom. The number of carbonyl (C=O) groups excluding carboxylic acids is 2. The molecule has 0 aliphatic heterocycles. The largest absolute Gasteiger partial charge is 0.452 e. The van der Waals surface area contributed by atoms with E-state index < -0.39 is 18.0 Å². The van der Waals surface area contributed by atoms with Crippen LogP contribution in [-0.2, 0) is 20.7 Å². The Bertz CT molecular complexity index is 968. The zero-order valence-corrected chi connectivity index (χ0v) is 15.4. The van der Waals surface area contributed by atoms with Crippen LogP contribution in [0.2, 0.25) is 10.0 Å². The third kappa shape index (κ3) is 4.18. The standard InChI is InChI=1S/C19H16Cl2N2O3/c1-11(19(25)23-17-7-6-13(20)9-15(17)21)26-18(24)8-12-10-22-16-5-3-2-4-14(12)16/h2-7,9-11,22H,8H2,1H3,(H,23,25)/t11-/m1/s1. The number of nitrogens with one attached hydrogen (secondary N) is 2. The fourth-order valence-electron chi connectivity index (χ4n) is 2.55. The van der Waals surface area contributed by atoms with Gasteiger partial charge < -0.3 is 15.0 Å². The molecule has 0 saturated heterocycles. The number of esters is 1. The van der Waals surface area contributed by atoms with E-state index in [9.17, 15) is 9.59 Å². The number of fused-ring (bicyclic) bond motifs is 1. The highest BCUT2D eigenvalue weighted by Gasteiger charge is 2.20. The molecule has 26 heavy (non-hydrogen) atoms. The molecule has 0 unspecified atom stereocenters. The summed E-state index contributed by atoms with van der Waals surface area (Å²) >= 11 is 11.8. The summed E-state index contributed by atoms with van der Waals surface area (Å²) in [6.45, 7) is 1.51. The first kappa shape index (κ1) is 18.3. The van der Waals surface area contributed by atoms with Crippen LogP contribution >= 0.6 is 23.2 Å². The number of para-hydroxylation sites is 1. The summed E-state index contributed by atoms with van der Waals surface area (Å²) in [5.74, 6) is -0.957. The van der Waals surface area contributed by atoms with Crippen molar-refractivity contribution in [3.63, 3.8) is 0 Å². The van der Waals surface area contributed by atoms with Gasteiger partial charge in [0, 0.05) is 22.1 Å². The summed E-state index contributed by atoms with van der Waals surface area (Å²) in [7, 11) is 0. The maximum Gasteiger partial charge on any atom is 0.311 e. The number of benzene rings is 2. The molecule has 0 bridgehead atoms. The van der Waals surface area contributed by atoms with Crippen molar-refractivity contribution in [1.29, 1.82) is 0 Å². The summed E-state index contributed by atoms with van der Waals surface area (Å²) < 4.78 is 5.24. The van der Waals surface area contributed by atoms with Crippen molar-refractivity contribution >= 4 is 51.7 Å². The van der Waals surface area contributed by atoms with E-state index in [1.807, 2.05) is 24.3 Å². The number of rotatable bonds is 5. The summed E-state index contributed by atoms with van der Waals surface area (Å²) in [4.78, 5) is 27.5. The number of carbonyl (C=O) groups is 2. The molecule has 3 rings (SSSR count). The predicted octanol–water partition coefficient (Wildman–Crippen LogP) is 4.59. The van der Waals surface area contributed by atoms with Crippen LogP contribution in [0.1, 0.15) is 12.5 Å². The van der Waals surface area contributed by atoms with Crippen LogP contribution in [0.3, 0.4) is 0 Å². The molecule has 0 saturated carbocycles. The zero-order chi connectivity index (χ0) is 18.7. The van der Waals surface area contributed by atoms with Crippen molar-refractivity contribution in [3.8, 4) is 0 Å². The quantitative estimate of drug-likeness (QED) is 0.625. The summed E-state index contributed by atoms with van der Waals surface area (Å²) in [6, 6.07) is 12.4. The number of anilines is 1. The van der Waals surface area contributed by atoms with Gasteiger partial charge in [-0.1, -0.05) is 41.4 Å². The number of aromatic nitrogens is 1. The van der Waals surface area contributed by atoms with Gasteiger partial charge in [0.15, 0.2) is 6.10 Å². The molecular formula is C19H16Cl2N2O3. The maximum absolute atomic E-state index is 12.2. The van der Waals surface area contributed by atoms with Gasteiger partial charge in [0.05, 0.1) is 17.1 Å². The van der Waals surface area contributed by atoms with E-state index in [-0.39, 0.29) is 6.42 Å². The van der Waals surface area contributed by atoms with Gasteiger partial charge in [-0.05, 0) is 36.8 Å². The summed E-state index contributed by atoms with van der Waals surface area (Å²) in [6.07, 6.45) is 0.882. The first-order chi connectivity index (χ1) is 12.4. The van der Waals surface area contributed by atoms with Gasteiger partial charge in [-0.3, -0.25) is 9.59 Å². The number of ether oxygens (including phenoxy) is 1. The van der Waals surface area contributed by atoms with Crippen LogP contribution < -0.4 is 5.32 Å². The topological polar surface area (TPSA) is 71.2 Å². The molecule has 0 spiro atoms. The van der Waals surface area contributed by atoms with E-state index in [2.05, 4.69) is 10.3 Å². The molecule has 7 heteroatoms. The number of hydrogen-bond acceptors (Lipinski definition) is 3. The number of H-pyrrole nitrogens is 1. The highest BCUT2D eigenvalue weighted by Crippen LogP contribution is 2.25. The lowest BCUT2D eigenvalue weighted by molar-refractivity contribution is -0.152. The van der Waals surface area contributed by atoms with E-state index >= 15 is 0 Å². The van der Waals surface area contributed by atoms with Crippen LogP contribution in [0.15, 0.2) is 48.7 Å². The molecule has 1 aromatic heterocycles. The highest BCUT2D eigenvalue weighted by molar-refractivity contribution is 6.36. The number of halogens is 2. The van der Waals surface area contributed by atoms with Crippen molar-refractivity contribution in [1.82, 2.24) is 4.98 Å². The van der Waals surface area contributed by atoms with Crippen LogP contribution in [-0.4, -0.2) is 23.0 Å². The van der Waals surface area contributed by atoms with Gasteiger partial charge in [-0.25, -0.2) is 0 Å². The van der Waals surface area contributed by atoms with E-state index in [0.29, 0.717) is 15.7 Å². The first-order valence-electron chi connectivity index (χ1n) is 7.94. The highest BCUT2D eigenvalue weighted by atomic mass is 35.5. The minimum Gasteiger partial charge on any atom is -0.452 e. The Morgan fingerprint density at radius 2 is 1.96 bits per heavy atom. The lowest BCUT2D eigenvalue weighted by atomic mass is 10.1. The summed E-state index contributed by atoms with van der Waals surface area (Å²) in [5, 5.41) is 4.34. The van der Waals surface area contributed by atoms with Gasteiger partial charge in [-0.2, -0.15) is 0 Å². The normalized spacial score (nSPS) is 12.0. The molecule has 1 heterocycles. The second-order valence-corrected chi connectivity index (χ2v) is 6.63. The molecule has 3 aromatic rings. The van der Waals surface area contributed by atoms with Crippen LogP contribution in [0.25, 0.3) is 10.9 Å². The van der Waals surface area contributed by atoms with Crippen molar-refractivity contribution in [2.45, 2.75) is 19.4 Å². The van der Waals surface area contributed by atoms with Crippen molar-refractivity contribution in [3.05, 3.63) is 64.3 Å². The van der Waals surface area contributed by atoms with Crippen molar-refractivity contribution in [2.24, 2.45) is 0 Å². The van der Waals surface area contributed by atoms with E-state index in [1.54, 1.807) is 18.3 Å². The summed E-state index contributed by atoms with van der Waals surface area (Å²) in [5.41, 5.74) is 2.16. The first-order valence-corrected chi connectivity index (χ1v) is 8.70. The second kappa shape index (κ2) is 7.81. The Balaban J connectivity index is 1.60.